The Labute approximate surface area is 161 Å². The second-order valence-electron chi connectivity index (χ2n) is 9.44. The molecule has 4 heteroatoms. The van der Waals surface area contributed by atoms with Crippen LogP contribution in [-0.2, 0) is 14.2 Å². The monoisotopic (exact) mass is 369 g/mol. The van der Waals surface area contributed by atoms with Crippen LogP contribution in [0.25, 0.3) is 0 Å². The topological polar surface area (TPSA) is 30.9 Å². The van der Waals surface area contributed by atoms with Crippen molar-refractivity contribution in [2.24, 2.45) is 17.3 Å². The summed E-state index contributed by atoms with van der Waals surface area (Å²) >= 11 is 0. The normalized spacial score (nSPS) is 30.0. The Kier molecular flexibility index (Phi) is 8.39. The van der Waals surface area contributed by atoms with Gasteiger partial charge in [-0.05, 0) is 56.4 Å². The van der Waals surface area contributed by atoms with Gasteiger partial charge in [-0.1, -0.05) is 34.6 Å². The Morgan fingerprint density at radius 1 is 1.19 bits per heavy atom. The van der Waals surface area contributed by atoms with Crippen LogP contribution in [0.4, 0.5) is 0 Å². The second-order valence-corrected chi connectivity index (χ2v) is 9.44. The third-order valence-electron chi connectivity index (χ3n) is 6.39. The van der Waals surface area contributed by atoms with Gasteiger partial charge in [0.2, 0.25) is 0 Å². The van der Waals surface area contributed by atoms with E-state index < -0.39 is 0 Å². The Balaban J connectivity index is 1.76. The van der Waals surface area contributed by atoms with Crippen LogP contribution in [0.1, 0.15) is 80.1 Å². The molecule has 0 amide bonds. The Morgan fingerprint density at radius 3 is 2.46 bits per heavy atom. The molecule has 0 radical (unpaired) electrons. The fourth-order valence-electron chi connectivity index (χ4n) is 4.94. The standard InChI is InChI=1S/C22H43NO3/c1-7-23(17-24-8-2)14-11-20-16-25-22(26-20)12-9-19(10-13-22)21(5,6)15-18(3)4/h18-20H,7-17H2,1-6H3. The molecule has 2 aliphatic rings. The summed E-state index contributed by atoms with van der Waals surface area (Å²) in [5, 5.41) is 0. The van der Waals surface area contributed by atoms with E-state index in [2.05, 4.69) is 39.5 Å². The SMILES string of the molecule is CCOCN(CC)CCC1COC2(CCC(C(C)(C)CC(C)C)CC2)O1. The minimum atomic E-state index is -0.286. The highest BCUT2D eigenvalue weighted by Gasteiger charge is 2.46. The maximum atomic E-state index is 6.44. The van der Waals surface area contributed by atoms with Crippen LogP contribution in [0.15, 0.2) is 0 Å². The third-order valence-corrected chi connectivity index (χ3v) is 6.39. The van der Waals surface area contributed by atoms with Gasteiger partial charge in [-0.25, -0.2) is 0 Å². The van der Waals surface area contributed by atoms with E-state index in [9.17, 15) is 0 Å². The van der Waals surface area contributed by atoms with E-state index in [4.69, 9.17) is 14.2 Å². The van der Waals surface area contributed by atoms with Crippen LogP contribution >= 0.6 is 0 Å². The molecule has 1 saturated carbocycles. The number of nitrogens with zero attached hydrogens (tertiary/aromatic N) is 1. The summed E-state index contributed by atoms with van der Waals surface area (Å²) in [5.74, 6) is 1.28. The van der Waals surface area contributed by atoms with Crippen molar-refractivity contribution in [3.05, 3.63) is 0 Å². The molecule has 1 heterocycles. The van der Waals surface area contributed by atoms with Gasteiger partial charge in [-0.3, -0.25) is 4.90 Å². The predicted molar refractivity (Wildman–Crippen MR) is 107 cm³/mol. The molecule has 0 aromatic heterocycles. The van der Waals surface area contributed by atoms with E-state index in [-0.39, 0.29) is 11.9 Å². The number of hydrogen-bond donors (Lipinski definition) is 0. The summed E-state index contributed by atoms with van der Waals surface area (Å²) in [5.41, 5.74) is 0.425. The van der Waals surface area contributed by atoms with Crippen molar-refractivity contribution < 1.29 is 14.2 Å². The van der Waals surface area contributed by atoms with Gasteiger partial charge in [0.15, 0.2) is 5.79 Å². The molecule has 0 aromatic rings. The zero-order chi connectivity index (χ0) is 19.2. The van der Waals surface area contributed by atoms with E-state index in [0.29, 0.717) is 5.41 Å². The van der Waals surface area contributed by atoms with E-state index in [1.807, 2.05) is 6.92 Å². The van der Waals surface area contributed by atoms with Crippen molar-refractivity contribution in [1.82, 2.24) is 4.90 Å². The van der Waals surface area contributed by atoms with E-state index in [1.54, 1.807) is 0 Å². The van der Waals surface area contributed by atoms with Crippen LogP contribution in [0.5, 0.6) is 0 Å². The lowest BCUT2D eigenvalue weighted by Crippen LogP contribution is -2.40. The number of rotatable bonds is 10. The molecule has 154 valence electrons. The fourth-order valence-corrected chi connectivity index (χ4v) is 4.94. The first-order valence-electron chi connectivity index (χ1n) is 10.9. The molecule has 0 aromatic carbocycles. The molecule has 26 heavy (non-hydrogen) atoms. The van der Waals surface area contributed by atoms with E-state index in [0.717, 1.165) is 64.1 Å². The smallest absolute Gasteiger partial charge is 0.168 e. The summed E-state index contributed by atoms with van der Waals surface area (Å²) in [4.78, 5) is 2.34. The van der Waals surface area contributed by atoms with E-state index in [1.165, 1.54) is 19.3 Å². The van der Waals surface area contributed by atoms with Crippen molar-refractivity contribution >= 4 is 0 Å². The Bertz CT molecular complexity index is 402. The van der Waals surface area contributed by atoms with Gasteiger partial charge in [-0.2, -0.15) is 0 Å². The lowest BCUT2D eigenvalue weighted by molar-refractivity contribution is -0.198. The first-order chi connectivity index (χ1) is 12.3. The molecule has 0 N–H and O–H groups in total. The first kappa shape index (κ1) is 22.1. The quantitative estimate of drug-likeness (QED) is 0.503. The van der Waals surface area contributed by atoms with Gasteiger partial charge in [0.1, 0.15) is 0 Å². The maximum Gasteiger partial charge on any atom is 0.168 e. The summed E-state index contributed by atoms with van der Waals surface area (Å²) in [6, 6.07) is 0. The first-order valence-corrected chi connectivity index (χ1v) is 10.9. The molecular weight excluding hydrogens is 326 g/mol. The van der Waals surface area contributed by atoms with Crippen molar-refractivity contribution in [3.8, 4) is 0 Å². The molecule has 1 aliphatic heterocycles. The van der Waals surface area contributed by atoms with Crippen molar-refractivity contribution in [1.29, 1.82) is 0 Å². The number of hydrogen-bond acceptors (Lipinski definition) is 4. The largest absolute Gasteiger partial charge is 0.366 e. The molecule has 1 atom stereocenters. The molecule has 2 fully saturated rings. The highest BCUT2D eigenvalue weighted by Crippen LogP contribution is 2.48. The number of ether oxygens (including phenoxy) is 3. The summed E-state index contributed by atoms with van der Waals surface area (Å²) in [7, 11) is 0. The zero-order valence-electron chi connectivity index (χ0n) is 18.2. The maximum absolute atomic E-state index is 6.44. The molecule has 1 aliphatic carbocycles. The molecule has 0 bridgehead atoms. The second kappa shape index (κ2) is 9.86. The zero-order valence-corrected chi connectivity index (χ0v) is 18.2. The third kappa shape index (κ3) is 6.19. The molecule has 4 nitrogen and oxygen atoms in total. The van der Waals surface area contributed by atoms with Gasteiger partial charge in [0, 0.05) is 26.0 Å². The Morgan fingerprint density at radius 2 is 1.88 bits per heavy atom. The van der Waals surface area contributed by atoms with Crippen LogP contribution in [0.2, 0.25) is 0 Å². The average molecular weight is 370 g/mol. The molecule has 1 saturated heterocycles. The molecular formula is C22H43NO3. The van der Waals surface area contributed by atoms with Gasteiger partial charge < -0.3 is 14.2 Å². The minimum absolute atomic E-state index is 0.242. The van der Waals surface area contributed by atoms with Gasteiger partial charge in [-0.15, -0.1) is 0 Å². The van der Waals surface area contributed by atoms with Gasteiger partial charge in [0.05, 0.1) is 19.4 Å². The summed E-state index contributed by atoms with van der Waals surface area (Å²) < 4.78 is 18.2. The fraction of sp³-hybridized carbons (Fsp3) is 1.00. The van der Waals surface area contributed by atoms with Crippen molar-refractivity contribution in [3.63, 3.8) is 0 Å². The van der Waals surface area contributed by atoms with Crippen LogP contribution < -0.4 is 0 Å². The Hall–Kier alpha value is -0.160. The summed E-state index contributed by atoms with van der Waals surface area (Å²) in [6.07, 6.45) is 7.17. The van der Waals surface area contributed by atoms with Crippen molar-refractivity contribution in [2.45, 2.75) is 92.0 Å². The van der Waals surface area contributed by atoms with E-state index >= 15 is 0 Å². The molecule has 1 spiro atoms. The highest BCUT2D eigenvalue weighted by atomic mass is 16.7. The predicted octanol–water partition coefficient (Wildman–Crippen LogP) is 5.07. The molecule has 2 rings (SSSR count). The summed E-state index contributed by atoms with van der Waals surface area (Å²) in [6.45, 7) is 18.1. The lowest BCUT2D eigenvalue weighted by Gasteiger charge is -2.43. The van der Waals surface area contributed by atoms with Crippen LogP contribution in [0, 0.1) is 17.3 Å². The van der Waals surface area contributed by atoms with Crippen molar-refractivity contribution in [2.75, 3.05) is 33.0 Å². The lowest BCUT2D eigenvalue weighted by atomic mass is 9.66. The van der Waals surface area contributed by atoms with Crippen LogP contribution in [0.3, 0.4) is 0 Å². The highest BCUT2D eigenvalue weighted by molar-refractivity contribution is 4.90. The van der Waals surface area contributed by atoms with Crippen LogP contribution in [-0.4, -0.2) is 49.8 Å². The average Bonchev–Trinajstić information content (AvgIpc) is 2.97. The minimum Gasteiger partial charge on any atom is -0.366 e. The van der Waals surface area contributed by atoms with Gasteiger partial charge in [0.25, 0.3) is 0 Å². The van der Waals surface area contributed by atoms with Gasteiger partial charge >= 0.3 is 0 Å². The molecule has 1 unspecified atom stereocenters.